The number of benzene rings is 1. The molecule has 7 nitrogen and oxygen atoms in total. The normalized spacial score (nSPS) is 10.7. The molecule has 1 aromatic carbocycles. The quantitative estimate of drug-likeness (QED) is 0.463. The molecule has 0 fully saturated rings. The first-order chi connectivity index (χ1) is 8.74. The molecule has 0 aliphatic carbocycles. The SMILES string of the molecule is Nc1cc(-c2nc(-c3ncc[nH]3)no2)ccc1O. The Morgan fingerprint density at radius 3 is 2.94 bits per heavy atom. The van der Waals surface area contributed by atoms with Crippen LogP contribution in [0.3, 0.4) is 0 Å². The minimum Gasteiger partial charge on any atom is -0.506 e. The Labute approximate surface area is 101 Å². The van der Waals surface area contributed by atoms with E-state index >= 15 is 0 Å². The molecular formula is C11H9N5O2. The van der Waals surface area contributed by atoms with Crippen molar-refractivity contribution < 1.29 is 9.63 Å². The van der Waals surface area contributed by atoms with Crippen LogP contribution in [0, 0.1) is 0 Å². The molecule has 0 amide bonds. The first-order valence-electron chi connectivity index (χ1n) is 5.16. The lowest BCUT2D eigenvalue weighted by Crippen LogP contribution is -1.87. The van der Waals surface area contributed by atoms with E-state index in [-0.39, 0.29) is 11.4 Å². The van der Waals surface area contributed by atoms with Gasteiger partial charge in [-0.2, -0.15) is 4.98 Å². The highest BCUT2D eigenvalue weighted by molar-refractivity contribution is 5.65. The van der Waals surface area contributed by atoms with Crippen molar-refractivity contribution in [3.8, 4) is 28.9 Å². The van der Waals surface area contributed by atoms with Crippen LogP contribution in [0.1, 0.15) is 0 Å². The van der Waals surface area contributed by atoms with E-state index in [1.165, 1.54) is 6.07 Å². The summed E-state index contributed by atoms with van der Waals surface area (Å²) >= 11 is 0. The fourth-order valence-corrected chi connectivity index (χ4v) is 1.51. The molecule has 3 rings (SSSR count). The predicted octanol–water partition coefficient (Wildman–Crippen LogP) is 1.41. The number of anilines is 1. The fourth-order valence-electron chi connectivity index (χ4n) is 1.51. The highest BCUT2D eigenvalue weighted by Gasteiger charge is 2.12. The Morgan fingerprint density at radius 2 is 2.22 bits per heavy atom. The third-order valence-electron chi connectivity index (χ3n) is 2.41. The zero-order valence-electron chi connectivity index (χ0n) is 9.16. The van der Waals surface area contributed by atoms with E-state index in [1.54, 1.807) is 24.5 Å². The average Bonchev–Trinajstić information content (AvgIpc) is 3.01. The maximum absolute atomic E-state index is 9.34. The van der Waals surface area contributed by atoms with Crippen LogP contribution in [0.5, 0.6) is 5.75 Å². The van der Waals surface area contributed by atoms with E-state index in [2.05, 4.69) is 20.1 Å². The van der Waals surface area contributed by atoms with E-state index in [1.807, 2.05) is 0 Å². The molecule has 2 aromatic heterocycles. The van der Waals surface area contributed by atoms with Crippen molar-refractivity contribution in [3.63, 3.8) is 0 Å². The van der Waals surface area contributed by atoms with Crippen LogP contribution >= 0.6 is 0 Å². The summed E-state index contributed by atoms with van der Waals surface area (Å²) in [5.41, 5.74) is 6.49. The van der Waals surface area contributed by atoms with Gasteiger partial charge in [0.2, 0.25) is 5.82 Å². The molecule has 0 radical (unpaired) electrons. The molecule has 0 aliphatic heterocycles. The van der Waals surface area contributed by atoms with E-state index in [0.29, 0.717) is 23.1 Å². The molecule has 0 saturated heterocycles. The smallest absolute Gasteiger partial charge is 0.258 e. The van der Waals surface area contributed by atoms with Gasteiger partial charge in [-0.25, -0.2) is 4.98 Å². The molecule has 0 saturated carbocycles. The molecule has 18 heavy (non-hydrogen) atoms. The number of nitrogens with two attached hydrogens (primary N) is 1. The van der Waals surface area contributed by atoms with Crippen molar-refractivity contribution in [1.29, 1.82) is 0 Å². The summed E-state index contributed by atoms with van der Waals surface area (Å²) < 4.78 is 5.11. The number of hydrogen-bond acceptors (Lipinski definition) is 6. The molecule has 7 heteroatoms. The zero-order valence-corrected chi connectivity index (χ0v) is 9.16. The first kappa shape index (κ1) is 10.3. The number of phenolic OH excluding ortho intramolecular Hbond substituents is 1. The standard InChI is InChI=1S/C11H9N5O2/c12-7-5-6(1-2-8(7)17)11-15-10(16-18-11)9-13-3-4-14-9/h1-5,17H,12H2,(H,13,14). The lowest BCUT2D eigenvalue weighted by molar-refractivity contribution is 0.432. The van der Waals surface area contributed by atoms with Crippen molar-refractivity contribution >= 4 is 5.69 Å². The maximum Gasteiger partial charge on any atom is 0.258 e. The van der Waals surface area contributed by atoms with Gasteiger partial charge in [0.15, 0.2) is 5.82 Å². The number of nitrogens with one attached hydrogen (secondary N) is 1. The Morgan fingerprint density at radius 1 is 1.33 bits per heavy atom. The highest BCUT2D eigenvalue weighted by atomic mass is 16.5. The lowest BCUT2D eigenvalue weighted by Gasteiger charge is -1.99. The van der Waals surface area contributed by atoms with Crippen molar-refractivity contribution in [2.24, 2.45) is 0 Å². The molecule has 0 unspecified atom stereocenters. The van der Waals surface area contributed by atoms with E-state index in [4.69, 9.17) is 10.3 Å². The molecule has 0 aliphatic rings. The summed E-state index contributed by atoms with van der Waals surface area (Å²) in [6, 6.07) is 4.68. The number of aromatic hydroxyl groups is 1. The summed E-state index contributed by atoms with van der Waals surface area (Å²) in [4.78, 5) is 11.1. The van der Waals surface area contributed by atoms with Crippen molar-refractivity contribution in [1.82, 2.24) is 20.1 Å². The monoisotopic (exact) mass is 243 g/mol. The van der Waals surface area contributed by atoms with Crippen molar-refractivity contribution in [2.75, 3.05) is 5.73 Å². The number of nitrogen functional groups attached to an aromatic ring is 1. The Hall–Kier alpha value is -2.83. The second-order valence-electron chi connectivity index (χ2n) is 3.63. The minimum atomic E-state index is 0.0181. The van der Waals surface area contributed by atoms with Gasteiger partial charge in [-0.3, -0.25) is 0 Å². The molecule has 3 aromatic rings. The van der Waals surface area contributed by atoms with Gasteiger partial charge in [-0.1, -0.05) is 5.16 Å². The predicted molar refractivity (Wildman–Crippen MR) is 63.4 cm³/mol. The topological polar surface area (TPSA) is 114 Å². The van der Waals surface area contributed by atoms with Crippen LogP contribution in [0.2, 0.25) is 0 Å². The number of imidazole rings is 1. The van der Waals surface area contributed by atoms with Gasteiger partial charge >= 0.3 is 0 Å². The van der Waals surface area contributed by atoms with E-state index < -0.39 is 0 Å². The molecule has 4 N–H and O–H groups in total. The Kier molecular flexibility index (Phi) is 2.23. The third-order valence-corrected chi connectivity index (χ3v) is 2.41. The largest absolute Gasteiger partial charge is 0.506 e. The molecular weight excluding hydrogens is 234 g/mol. The zero-order chi connectivity index (χ0) is 12.5. The second kappa shape index (κ2) is 3.88. The van der Waals surface area contributed by atoms with Crippen LogP contribution < -0.4 is 5.73 Å². The van der Waals surface area contributed by atoms with Gasteiger partial charge in [0, 0.05) is 18.0 Å². The Balaban J connectivity index is 2.00. The van der Waals surface area contributed by atoms with Crippen molar-refractivity contribution in [2.45, 2.75) is 0 Å². The summed E-state index contributed by atoms with van der Waals surface area (Å²) in [6.07, 6.45) is 3.27. The van der Waals surface area contributed by atoms with Crippen LogP contribution in [0.4, 0.5) is 5.69 Å². The summed E-state index contributed by atoms with van der Waals surface area (Å²) in [5, 5.41) is 13.1. The van der Waals surface area contributed by atoms with Gasteiger partial charge in [0.25, 0.3) is 5.89 Å². The van der Waals surface area contributed by atoms with Gasteiger partial charge in [-0.05, 0) is 18.2 Å². The van der Waals surface area contributed by atoms with Crippen LogP contribution in [-0.2, 0) is 0 Å². The molecule has 0 atom stereocenters. The molecule has 0 spiro atoms. The van der Waals surface area contributed by atoms with Crippen LogP contribution in [0.15, 0.2) is 35.1 Å². The Bertz CT molecular complexity index is 675. The molecule has 2 heterocycles. The number of hydrogen-bond donors (Lipinski definition) is 3. The fraction of sp³-hybridized carbons (Fsp3) is 0. The minimum absolute atomic E-state index is 0.0181. The van der Waals surface area contributed by atoms with Crippen LogP contribution in [0.25, 0.3) is 23.1 Å². The number of phenols is 1. The number of aromatic amines is 1. The van der Waals surface area contributed by atoms with E-state index in [9.17, 15) is 5.11 Å². The van der Waals surface area contributed by atoms with Crippen LogP contribution in [-0.4, -0.2) is 25.2 Å². The average molecular weight is 243 g/mol. The summed E-state index contributed by atoms with van der Waals surface area (Å²) in [7, 11) is 0. The number of aromatic nitrogens is 4. The van der Waals surface area contributed by atoms with Gasteiger partial charge < -0.3 is 20.3 Å². The number of nitrogens with zero attached hydrogens (tertiary/aromatic N) is 3. The number of H-pyrrole nitrogens is 1. The second-order valence-corrected chi connectivity index (χ2v) is 3.63. The van der Waals surface area contributed by atoms with Gasteiger partial charge in [0.1, 0.15) is 5.75 Å². The summed E-state index contributed by atoms with van der Waals surface area (Å²) in [5.74, 6) is 1.22. The number of rotatable bonds is 2. The molecule has 90 valence electrons. The maximum atomic E-state index is 9.34. The summed E-state index contributed by atoms with van der Waals surface area (Å²) in [6.45, 7) is 0. The lowest BCUT2D eigenvalue weighted by atomic mass is 10.2. The van der Waals surface area contributed by atoms with Gasteiger partial charge in [-0.15, -0.1) is 0 Å². The van der Waals surface area contributed by atoms with E-state index in [0.717, 1.165) is 0 Å². The van der Waals surface area contributed by atoms with Gasteiger partial charge in [0.05, 0.1) is 5.69 Å². The molecule has 0 bridgehead atoms. The third kappa shape index (κ3) is 1.67. The highest BCUT2D eigenvalue weighted by Crippen LogP contribution is 2.27. The first-order valence-corrected chi connectivity index (χ1v) is 5.16. The van der Waals surface area contributed by atoms with Crippen molar-refractivity contribution in [3.05, 3.63) is 30.6 Å².